The average molecular weight is 818 g/mol. The molecule has 0 saturated carbocycles. The average Bonchev–Trinajstić information content (AvgIpc) is 3.23. The molecule has 3 unspecified atom stereocenters. The lowest BCUT2D eigenvalue weighted by atomic mass is 10.0. The molecule has 0 aliphatic rings. The minimum atomic E-state index is -1.10. The molecule has 1 amide bonds. The Labute approximate surface area is 362 Å². The molecule has 0 spiro atoms. The van der Waals surface area contributed by atoms with Gasteiger partial charge in [0.1, 0.15) is 6.10 Å². The minimum Gasteiger partial charge on any atom is -0.394 e. The van der Waals surface area contributed by atoms with Crippen molar-refractivity contribution >= 4 is 5.91 Å². The second-order valence-corrected chi connectivity index (χ2v) is 18.1. The molecule has 5 nitrogen and oxygen atoms in total. The van der Waals surface area contributed by atoms with E-state index in [2.05, 4.69) is 31.3 Å². The fourth-order valence-corrected chi connectivity index (χ4v) is 8.20. The fourth-order valence-electron chi connectivity index (χ4n) is 8.20. The largest absolute Gasteiger partial charge is 0.394 e. The van der Waals surface area contributed by atoms with Crippen LogP contribution in [0.3, 0.4) is 0 Å². The molecule has 0 aromatic heterocycles. The lowest BCUT2D eigenvalue weighted by molar-refractivity contribution is -0.131. The number of hydrogen-bond acceptors (Lipinski definition) is 4. The normalized spacial score (nSPS) is 13.5. The Balaban J connectivity index is 3.52. The molecule has 58 heavy (non-hydrogen) atoms. The third-order valence-corrected chi connectivity index (χ3v) is 12.3. The van der Waals surface area contributed by atoms with Crippen molar-refractivity contribution in [3.8, 4) is 0 Å². The van der Waals surface area contributed by atoms with Crippen molar-refractivity contribution in [1.29, 1.82) is 0 Å². The number of nitrogens with one attached hydrogen (secondary N) is 1. The zero-order chi connectivity index (χ0) is 42.3. The Bertz CT molecular complexity index is 859. The highest BCUT2D eigenvalue weighted by Gasteiger charge is 2.22. The molecule has 0 heterocycles. The lowest BCUT2D eigenvalue weighted by Gasteiger charge is -2.21. The maximum absolute atomic E-state index is 12.5. The first-order valence-corrected chi connectivity index (χ1v) is 26.2. The van der Waals surface area contributed by atoms with Gasteiger partial charge < -0.3 is 20.6 Å². The summed E-state index contributed by atoms with van der Waals surface area (Å²) >= 11 is 0. The zero-order valence-electron chi connectivity index (χ0n) is 39.2. The monoisotopic (exact) mass is 818 g/mol. The third-order valence-electron chi connectivity index (χ3n) is 12.3. The van der Waals surface area contributed by atoms with Gasteiger partial charge in [-0.05, 0) is 32.1 Å². The number of rotatable bonds is 48. The van der Waals surface area contributed by atoms with Gasteiger partial charge in [-0.2, -0.15) is 0 Å². The van der Waals surface area contributed by atoms with Crippen LogP contribution in [0, 0.1) is 0 Å². The van der Waals surface area contributed by atoms with Crippen LogP contribution in [0.1, 0.15) is 284 Å². The fraction of sp³-hybridized carbons (Fsp3) is 0.906. The van der Waals surface area contributed by atoms with Gasteiger partial charge in [0.05, 0.1) is 18.8 Å². The Morgan fingerprint density at radius 2 is 0.707 bits per heavy atom. The molecule has 0 aliphatic carbocycles. The Morgan fingerprint density at radius 1 is 0.414 bits per heavy atom. The lowest BCUT2D eigenvalue weighted by Crippen LogP contribution is -2.48. The summed E-state index contributed by atoms with van der Waals surface area (Å²) < 4.78 is 0. The van der Waals surface area contributed by atoms with Gasteiger partial charge >= 0.3 is 0 Å². The highest BCUT2D eigenvalue weighted by Crippen LogP contribution is 2.17. The van der Waals surface area contributed by atoms with E-state index < -0.39 is 24.2 Å². The molecule has 0 aromatic carbocycles. The number of unbranched alkanes of at least 4 members (excludes halogenated alkanes) is 38. The van der Waals surface area contributed by atoms with Crippen molar-refractivity contribution in [2.45, 2.75) is 302 Å². The maximum atomic E-state index is 12.5. The molecule has 3 atom stereocenters. The van der Waals surface area contributed by atoms with E-state index in [1.165, 1.54) is 225 Å². The van der Waals surface area contributed by atoms with Crippen molar-refractivity contribution in [1.82, 2.24) is 5.32 Å². The summed E-state index contributed by atoms with van der Waals surface area (Å²) in [4.78, 5) is 12.5. The summed E-state index contributed by atoms with van der Waals surface area (Å²) in [6, 6.07) is -0.811. The van der Waals surface area contributed by atoms with E-state index in [4.69, 9.17) is 0 Å². The van der Waals surface area contributed by atoms with Crippen LogP contribution in [0.2, 0.25) is 0 Å². The molecule has 0 aromatic rings. The summed E-state index contributed by atoms with van der Waals surface area (Å²) in [5.74, 6) is -0.509. The molecule has 0 aliphatic heterocycles. The molecule has 0 rings (SSSR count). The van der Waals surface area contributed by atoms with Crippen molar-refractivity contribution in [2.75, 3.05) is 6.61 Å². The number of aliphatic hydroxyl groups is 3. The predicted octanol–water partition coefficient (Wildman–Crippen LogP) is 15.7. The van der Waals surface area contributed by atoms with Gasteiger partial charge in [0.2, 0.25) is 5.91 Å². The standard InChI is InChI=1S/C53H103NO4/c1-3-5-7-9-11-13-15-17-19-20-21-22-23-24-25-26-27-28-29-30-31-32-33-34-36-38-40-42-44-46-48-52(57)53(58)54-50(49-55)51(56)47-45-43-41-39-37-35-18-16-14-12-10-8-6-4-2/h37,39,45,47,50-52,55-57H,3-36,38,40-44,46,48-49H2,1-2H3,(H,54,58)/b39-37+,47-45+. The summed E-state index contributed by atoms with van der Waals surface area (Å²) in [6.07, 6.45) is 61.1. The van der Waals surface area contributed by atoms with Crippen LogP contribution >= 0.6 is 0 Å². The van der Waals surface area contributed by atoms with E-state index in [-0.39, 0.29) is 6.61 Å². The summed E-state index contributed by atoms with van der Waals surface area (Å²) in [5.41, 5.74) is 0. The second kappa shape index (κ2) is 48.5. The van der Waals surface area contributed by atoms with Crippen molar-refractivity contribution in [3.05, 3.63) is 24.3 Å². The van der Waals surface area contributed by atoms with E-state index in [9.17, 15) is 20.1 Å². The van der Waals surface area contributed by atoms with Crippen molar-refractivity contribution < 1.29 is 20.1 Å². The number of hydrogen-bond donors (Lipinski definition) is 4. The van der Waals surface area contributed by atoms with Gasteiger partial charge in [0, 0.05) is 0 Å². The molecular weight excluding hydrogens is 715 g/mol. The van der Waals surface area contributed by atoms with Gasteiger partial charge in [0.25, 0.3) is 0 Å². The van der Waals surface area contributed by atoms with Gasteiger partial charge in [0.15, 0.2) is 0 Å². The number of carbonyl (C=O) groups excluding carboxylic acids is 1. The molecular formula is C53H103NO4. The van der Waals surface area contributed by atoms with E-state index in [1.54, 1.807) is 6.08 Å². The first-order chi connectivity index (χ1) is 28.6. The Hall–Kier alpha value is -1.17. The molecule has 0 bridgehead atoms. The van der Waals surface area contributed by atoms with Gasteiger partial charge in [-0.3, -0.25) is 4.79 Å². The van der Waals surface area contributed by atoms with Gasteiger partial charge in [-0.1, -0.05) is 276 Å². The minimum absolute atomic E-state index is 0.373. The van der Waals surface area contributed by atoms with Crippen LogP contribution in [0.25, 0.3) is 0 Å². The summed E-state index contributed by atoms with van der Waals surface area (Å²) in [7, 11) is 0. The van der Waals surface area contributed by atoms with Crippen molar-refractivity contribution in [3.63, 3.8) is 0 Å². The van der Waals surface area contributed by atoms with Crippen LogP contribution in [-0.2, 0) is 4.79 Å². The Kier molecular flexibility index (Phi) is 47.5. The van der Waals surface area contributed by atoms with Crippen LogP contribution in [-0.4, -0.2) is 46.1 Å². The number of amides is 1. The van der Waals surface area contributed by atoms with E-state index in [1.807, 2.05) is 6.08 Å². The second-order valence-electron chi connectivity index (χ2n) is 18.1. The first-order valence-electron chi connectivity index (χ1n) is 26.2. The smallest absolute Gasteiger partial charge is 0.249 e. The van der Waals surface area contributed by atoms with Crippen LogP contribution < -0.4 is 5.32 Å². The van der Waals surface area contributed by atoms with Gasteiger partial charge in [-0.25, -0.2) is 0 Å². The topological polar surface area (TPSA) is 89.8 Å². The maximum Gasteiger partial charge on any atom is 0.249 e. The first kappa shape index (κ1) is 56.8. The third kappa shape index (κ3) is 42.9. The molecule has 0 radical (unpaired) electrons. The molecule has 4 N–H and O–H groups in total. The van der Waals surface area contributed by atoms with E-state index in [0.29, 0.717) is 6.42 Å². The van der Waals surface area contributed by atoms with Crippen molar-refractivity contribution in [2.24, 2.45) is 0 Å². The van der Waals surface area contributed by atoms with Gasteiger partial charge in [-0.15, -0.1) is 0 Å². The quantitative estimate of drug-likeness (QED) is 0.0364. The molecule has 344 valence electrons. The van der Waals surface area contributed by atoms with Crippen LogP contribution in [0.5, 0.6) is 0 Å². The number of allylic oxidation sites excluding steroid dienone is 3. The van der Waals surface area contributed by atoms with E-state index in [0.717, 1.165) is 38.5 Å². The zero-order valence-corrected chi connectivity index (χ0v) is 39.2. The number of aliphatic hydroxyl groups excluding tert-OH is 3. The highest BCUT2D eigenvalue weighted by atomic mass is 16.3. The summed E-state index contributed by atoms with van der Waals surface area (Å²) in [5, 5.41) is 33.2. The van der Waals surface area contributed by atoms with E-state index >= 15 is 0 Å². The Morgan fingerprint density at radius 3 is 1.05 bits per heavy atom. The van der Waals surface area contributed by atoms with Crippen LogP contribution in [0.15, 0.2) is 24.3 Å². The highest BCUT2D eigenvalue weighted by molar-refractivity contribution is 5.80. The summed E-state index contributed by atoms with van der Waals surface area (Å²) in [6.45, 7) is 4.18. The molecule has 0 fully saturated rings. The number of carbonyl (C=O) groups is 1. The predicted molar refractivity (Wildman–Crippen MR) is 255 cm³/mol. The molecule has 0 saturated heterocycles. The molecule has 5 heteroatoms. The van der Waals surface area contributed by atoms with Crippen LogP contribution in [0.4, 0.5) is 0 Å². The SMILES string of the molecule is CCCCCCCCCC/C=C/CC/C=C/C(O)C(CO)NC(=O)C(O)CCCCCCCCCCCCCCCCCCCCCCCCCCCCCCCC.